The number of amidine groups is 2. The summed E-state index contributed by atoms with van der Waals surface area (Å²) in [7, 11) is 0. The first kappa shape index (κ1) is 25.2. The predicted molar refractivity (Wildman–Crippen MR) is 136 cm³/mol. The van der Waals surface area contributed by atoms with Gasteiger partial charge in [0.05, 0.1) is 11.4 Å². The van der Waals surface area contributed by atoms with Gasteiger partial charge < -0.3 is 11.5 Å². The van der Waals surface area contributed by atoms with E-state index in [-0.39, 0.29) is 0 Å². The predicted octanol–water partition coefficient (Wildman–Crippen LogP) is 6.43. The average Bonchev–Trinajstić information content (AvgIpc) is 2.73. The number of aliphatic imine (C=N–C) groups is 2. The van der Waals surface area contributed by atoms with Gasteiger partial charge in [0.2, 0.25) is 0 Å². The summed E-state index contributed by atoms with van der Waals surface area (Å²) in [6.45, 7) is 12.5. The van der Waals surface area contributed by atoms with Gasteiger partial charge in [-0.1, -0.05) is 64.1 Å². The van der Waals surface area contributed by atoms with Crippen molar-refractivity contribution >= 4 is 23.0 Å². The van der Waals surface area contributed by atoms with Gasteiger partial charge in [0.25, 0.3) is 0 Å². The molecule has 0 aliphatic carbocycles. The third kappa shape index (κ3) is 7.29. The molecule has 6 heteroatoms. The number of hydrogen-bond donors (Lipinski definition) is 2. The molecule has 0 aromatic heterocycles. The SMILES string of the molecule is CC(C)CC(C)(N=NC(C)(CC(C)C)C(N)=Nc1ccccc1)C(N)=Nc1ccccc1. The largest absolute Gasteiger partial charge is 0.385 e. The molecule has 32 heavy (non-hydrogen) atoms. The van der Waals surface area contributed by atoms with Crippen LogP contribution >= 0.6 is 0 Å². The molecule has 2 unspecified atom stereocenters. The van der Waals surface area contributed by atoms with Crippen LogP contribution in [0.1, 0.15) is 54.4 Å². The number of nitrogens with zero attached hydrogens (tertiary/aromatic N) is 4. The lowest BCUT2D eigenvalue weighted by Crippen LogP contribution is -2.44. The van der Waals surface area contributed by atoms with E-state index in [4.69, 9.17) is 21.7 Å². The lowest BCUT2D eigenvalue weighted by atomic mass is 9.89. The number of hydrogen-bond acceptors (Lipinski definition) is 4. The Morgan fingerprint density at radius 2 is 0.969 bits per heavy atom. The zero-order valence-corrected chi connectivity index (χ0v) is 20.3. The van der Waals surface area contributed by atoms with E-state index in [0.717, 1.165) is 11.4 Å². The third-order valence-corrected chi connectivity index (χ3v) is 5.22. The molecule has 0 amide bonds. The van der Waals surface area contributed by atoms with Crippen LogP contribution in [0.5, 0.6) is 0 Å². The maximum Gasteiger partial charge on any atom is 0.136 e. The van der Waals surface area contributed by atoms with E-state index in [0.29, 0.717) is 36.3 Å². The van der Waals surface area contributed by atoms with E-state index in [1.165, 1.54) is 0 Å². The fourth-order valence-corrected chi connectivity index (χ4v) is 3.73. The van der Waals surface area contributed by atoms with Gasteiger partial charge in [0.1, 0.15) is 22.7 Å². The lowest BCUT2D eigenvalue weighted by molar-refractivity contribution is 0.397. The van der Waals surface area contributed by atoms with Crippen LogP contribution in [-0.2, 0) is 0 Å². The zero-order chi connectivity index (χ0) is 23.8. The highest BCUT2D eigenvalue weighted by Gasteiger charge is 2.35. The minimum atomic E-state index is -0.755. The molecular weight excluding hydrogens is 396 g/mol. The second kappa shape index (κ2) is 11.0. The first-order chi connectivity index (χ1) is 15.0. The molecule has 172 valence electrons. The molecule has 6 nitrogen and oxygen atoms in total. The Kier molecular flexibility index (Phi) is 8.70. The number of rotatable bonds is 10. The molecule has 0 aliphatic heterocycles. The fourth-order valence-electron chi connectivity index (χ4n) is 3.73. The molecule has 0 radical (unpaired) electrons. The van der Waals surface area contributed by atoms with Gasteiger partial charge in [-0.3, -0.25) is 0 Å². The van der Waals surface area contributed by atoms with E-state index in [2.05, 4.69) is 37.7 Å². The van der Waals surface area contributed by atoms with Crippen LogP contribution in [0.25, 0.3) is 0 Å². The van der Waals surface area contributed by atoms with Crippen molar-refractivity contribution in [1.82, 2.24) is 0 Å². The van der Waals surface area contributed by atoms with Crippen LogP contribution in [0, 0.1) is 11.8 Å². The van der Waals surface area contributed by atoms with Gasteiger partial charge in [-0.25, -0.2) is 9.98 Å². The maximum atomic E-state index is 6.50. The highest BCUT2D eigenvalue weighted by Crippen LogP contribution is 2.29. The molecule has 0 bridgehead atoms. The Bertz CT molecular complexity index is 856. The molecule has 2 aromatic carbocycles. The standard InChI is InChI=1S/C26H38N6/c1-19(2)17-25(5,23(27)29-21-13-9-7-10-14-21)31-32-26(6,18-20(3)4)24(28)30-22-15-11-8-12-16-22/h7-16,19-20H,17-18H2,1-6H3,(H2,27,29)(H2,28,30). The Balaban J connectivity index is 2.46. The number of nitrogens with two attached hydrogens (primary N) is 2. The summed E-state index contributed by atoms with van der Waals surface area (Å²) in [5.74, 6) is 1.59. The quantitative estimate of drug-likeness (QED) is 0.256. The van der Waals surface area contributed by atoms with Crippen LogP contribution in [0.3, 0.4) is 0 Å². The molecular formula is C26H38N6. The van der Waals surface area contributed by atoms with Gasteiger partial charge in [0.15, 0.2) is 0 Å². The molecule has 2 aromatic rings. The van der Waals surface area contributed by atoms with Crippen LogP contribution in [0.2, 0.25) is 0 Å². The topological polar surface area (TPSA) is 101 Å². The second-order valence-corrected chi connectivity index (χ2v) is 9.61. The van der Waals surface area contributed by atoms with Gasteiger partial charge >= 0.3 is 0 Å². The normalized spacial score (nSPS) is 17.0. The number of para-hydroxylation sites is 2. The van der Waals surface area contributed by atoms with Crippen LogP contribution in [0.15, 0.2) is 80.9 Å². The van der Waals surface area contributed by atoms with E-state index < -0.39 is 11.1 Å². The molecule has 4 N–H and O–H groups in total. The van der Waals surface area contributed by atoms with Gasteiger partial charge in [-0.05, 0) is 62.8 Å². The first-order valence-electron chi connectivity index (χ1n) is 11.3. The van der Waals surface area contributed by atoms with Crippen molar-refractivity contribution in [2.75, 3.05) is 0 Å². The van der Waals surface area contributed by atoms with Gasteiger partial charge in [-0.2, -0.15) is 10.2 Å². The van der Waals surface area contributed by atoms with Crippen LogP contribution in [-0.4, -0.2) is 22.7 Å². The van der Waals surface area contributed by atoms with Crippen molar-refractivity contribution in [3.63, 3.8) is 0 Å². The third-order valence-electron chi connectivity index (χ3n) is 5.22. The summed E-state index contributed by atoms with van der Waals surface area (Å²) in [6.07, 6.45) is 1.43. The van der Waals surface area contributed by atoms with Crippen molar-refractivity contribution in [2.45, 2.75) is 65.5 Å². The minimum absolute atomic E-state index is 0.357. The van der Waals surface area contributed by atoms with Crippen molar-refractivity contribution in [3.05, 3.63) is 60.7 Å². The monoisotopic (exact) mass is 434 g/mol. The highest BCUT2D eigenvalue weighted by molar-refractivity contribution is 5.93. The highest BCUT2D eigenvalue weighted by atomic mass is 15.2. The Labute approximate surface area is 193 Å². The summed E-state index contributed by atoms with van der Waals surface area (Å²) in [5, 5.41) is 9.58. The van der Waals surface area contributed by atoms with E-state index in [1.54, 1.807) is 0 Å². The maximum absolute atomic E-state index is 6.50. The first-order valence-corrected chi connectivity index (χ1v) is 11.3. The number of azo groups is 1. The van der Waals surface area contributed by atoms with Gasteiger partial charge in [-0.15, -0.1) is 0 Å². The van der Waals surface area contributed by atoms with Crippen molar-refractivity contribution in [2.24, 2.45) is 43.5 Å². The van der Waals surface area contributed by atoms with Gasteiger partial charge in [0, 0.05) is 0 Å². The lowest BCUT2D eigenvalue weighted by Gasteiger charge is -2.30. The summed E-state index contributed by atoms with van der Waals surface area (Å²) in [4.78, 5) is 9.28. The van der Waals surface area contributed by atoms with E-state index in [1.807, 2.05) is 74.5 Å². The van der Waals surface area contributed by atoms with Crippen molar-refractivity contribution in [3.8, 4) is 0 Å². The smallest absolute Gasteiger partial charge is 0.136 e. The molecule has 2 atom stereocenters. The summed E-state index contributed by atoms with van der Waals surface area (Å²) in [5.41, 5.74) is 13.1. The van der Waals surface area contributed by atoms with Crippen LogP contribution < -0.4 is 11.5 Å². The zero-order valence-electron chi connectivity index (χ0n) is 20.3. The second-order valence-electron chi connectivity index (χ2n) is 9.61. The molecule has 0 spiro atoms. The van der Waals surface area contributed by atoms with E-state index >= 15 is 0 Å². The summed E-state index contributed by atoms with van der Waals surface area (Å²) < 4.78 is 0. The molecule has 0 heterocycles. The molecule has 0 aliphatic rings. The molecule has 2 rings (SSSR count). The summed E-state index contributed by atoms with van der Waals surface area (Å²) >= 11 is 0. The average molecular weight is 435 g/mol. The van der Waals surface area contributed by atoms with Crippen molar-refractivity contribution in [1.29, 1.82) is 0 Å². The Hall–Kier alpha value is -3.02. The number of benzene rings is 2. The summed E-state index contributed by atoms with van der Waals surface area (Å²) in [6, 6.07) is 19.4. The molecule has 0 saturated heterocycles. The minimum Gasteiger partial charge on any atom is -0.385 e. The Morgan fingerprint density at radius 3 is 1.25 bits per heavy atom. The van der Waals surface area contributed by atoms with E-state index in [9.17, 15) is 0 Å². The van der Waals surface area contributed by atoms with Crippen LogP contribution in [0.4, 0.5) is 11.4 Å². The fraction of sp³-hybridized carbons (Fsp3) is 0.462. The van der Waals surface area contributed by atoms with Crippen molar-refractivity contribution < 1.29 is 0 Å². The molecule has 0 fully saturated rings. The Morgan fingerprint density at radius 1 is 0.656 bits per heavy atom. The molecule has 0 saturated carbocycles.